The van der Waals surface area contributed by atoms with Gasteiger partial charge in [0.1, 0.15) is 0 Å². The maximum Gasteiger partial charge on any atom is 1.00 e. The van der Waals surface area contributed by atoms with Crippen LogP contribution in [0.2, 0.25) is 0 Å². The zero-order valence-corrected chi connectivity index (χ0v) is 21.4. The summed E-state index contributed by atoms with van der Waals surface area (Å²) >= 11 is 0. The monoisotopic (exact) mass is 464 g/mol. The van der Waals surface area contributed by atoms with Gasteiger partial charge in [0, 0.05) is 5.41 Å². The van der Waals surface area contributed by atoms with Gasteiger partial charge in [-0.1, -0.05) is 30.7 Å². The molecule has 0 heterocycles. The van der Waals surface area contributed by atoms with Crippen LogP contribution in [0, 0.1) is 28.6 Å². The normalized spacial score (nSPS) is 40.7. The van der Waals surface area contributed by atoms with E-state index in [1.54, 1.807) is 0 Å². The second-order valence-electron chi connectivity index (χ2n) is 9.85. The smallest absolute Gasteiger partial charge is 0.479 e. The van der Waals surface area contributed by atoms with Crippen LogP contribution in [-0.2, 0) is 24.2 Å². The molecule has 0 aromatic rings. The number of hydrogen-bond acceptors (Lipinski definition) is 6. The topological polar surface area (TPSA) is 122 Å². The second kappa shape index (κ2) is 9.06. The van der Waals surface area contributed by atoms with Gasteiger partial charge in [0.25, 0.3) is 0 Å². The Morgan fingerprint density at radius 1 is 1.19 bits per heavy atom. The SMILES string of the molecule is C[C@]12CC[C@H](OS(=O)(=O)O)CC1=CC[C@@H]1[C@@H]2CC[C@]2(C)/C(=N/OCC(=O)O)CC[C@@H]12.[Na+]. The largest absolute Gasteiger partial charge is 1.00 e. The molecule has 8 nitrogen and oxygen atoms in total. The summed E-state index contributed by atoms with van der Waals surface area (Å²) in [4.78, 5) is 15.8. The first-order valence-electron chi connectivity index (χ1n) is 10.8. The van der Waals surface area contributed by atoms with E-state index in [1.807, 2.05) is 0 Å². The first-order valence-corrected chi connectivity index (χ1v) is 12.2. The van der Waals surface area contributed by atoms with Crippen LogP contribution in [0.4, 0.5) is 0 Å². The van der Waals surface area contributed by atoms with E-state index in [-0.39, 0.29) is 40.4 Å². The molecule has 0 bridgehead atoms. The third-order valence-corrected chi connectivity index (χ3v) is 8.94. The standard InChI is InChI=1S/C21H31NO7S.Na/c1-20-9-7-14(29-30(25,26)27)11-13(20)3-4-15-16-5-6-18(22-28-12-19(23)24)21(16,2)10-8-17(15)20;/h3,14-17H,4-12H2,1-2H3,(H,23,24)(H,25,26,27);/q;+1/b22-18+;/t14-,15-,16-,17-,20-,21-;/m0./s1. The number of hydrogen-bond donors (Lipinski definition) is 2. The minimum atomic E-state index is -4.43. The molecule has 3 fully saturated rings. The molecular weight excluding hydrogens is 433 g/mol. The molecule has 0 aromatic carbocycles. The van der Waals surface area contributed by atoms with Gasteiger partial charge in [-0.15, -0.1) is 0 Å². The van der Waals surface area contributed by atoms with Crippen molar-refractivity contribution in [1.82, 2.24) is 0 Å². The summed E-state index contributed by atoms with van der Waals surface area (Å²) in [5.41, 5.74) is 2.25. The maximum absolute atomic E-state index is 11.1. The number of carbonyl (C=O) groups is 1. The van der Waals surface area contributed by atoms with Crippen LogP contribution in [-0.4, -0.2) is 42.5 Å². The van der Waals surface area contributed by atoms with Crippen LogP contribution in [0.1, 0.15) is 65.2 Å². The second-order valence-corrected chi connectivity index (χ2v) is 10.9. The fraction of sp³-hybridized carbons (Fsp3) is 0.810. The number of allylic oxidation sites excluding steroid dienone is 1. The third kappa shape index (κ3) is 4.77. The molecule has 0 spiro atoms. The average Bonchev–Trinajstić information content (AvgIpc) is 2.97. The molecule has 0 aliphatic heterocycles. The average molecular weight is 465 g/mol. The summed E-state index contributed by atoms with van der Waals surface area (Å²) in [5, 5.41) is 13.0. The van der Waals surface area contributed by atoms with Crippen LogP contribution in [0.25, 0.3) is 0 Å². The number of nitrogens with zero attached hydrogens (tertiary/aromatic N) is 1. The van der Waals surface area contributed by atoms with Gasteiger partial charge in [-0.3, -0.25) is 4.55 Å². The van der Waals surface area contributed by atoms with E-state index in [2.05, 4.69) is 25.1 Å². The Kier molecular flexibility index (Phi) is 7.36. The molecule has 6 atom stereocenters. The van der Waals surface area contributed by atoms with Crippen molar-refractivity contribution in [3.8, 4) is 0 Å². The van der Waals surface area contributed by atoms with Gasteiger partial charge >= 0.3 is 45.9 Å². The number of carboxylic acids is 1. The third-order valence-electron chi connectivity index (χ3n) is 8.42. The number of aliphatic carboxylic acids is 1. The first-order chi connectivity index (χ1) is 14.0. The van der Waals surface area contributed by atoms with E-state index in [4.69, 9.17) is 18.7 Å². The van der Waals surface area contributed by atoms with Gasteiger partial charge in [0.05, 0.1) is 11.8 Å². The van der Waals surface area contributed by atoms with Crippen molar-refractivity contribution in [2.45, 2.75) is 71.3 Å². The number of fused-ring (bicyclic) bond motifs is 5. The quantitative estimate of drug-likeness (QED) is 0.264. The fourth-order valence-corrected chi connectivity index (χ4v) is 7.49. The predicted octanol–water partition coefficient (Wildman–Crippen LogP) is 0.598. The summed E-state index contributed by atoms with van der Waals surface area (Å²) in [6.07, 6.45) is 8.73. The maximum atomic E-state index is 11.1. The van der Waals surface area contributed by atoms with E-state index in [1.165, 1.54) is 5.57 Å². The van der Waals surface area contributed by atoms with Gasteiger partial charge in [0.2, 0.25) is 6.61 Å². The fourth-order valence-electron chi connectivity index (χ4n) is 6.99. The molecule has 4 aliphatic rings. The van der Waals surface area contributed by atoms with Gasteiger partial charge < -0.3 is 9.94 Å². The first kappa shape index (κ1) is 25.2. The predicted molar refractivity (Wildman–Crippen MR) is 109 cm³/mol. The van der Waals surface area contributed by atoms with Crippen molar-refractivity contribution in [3.05, 3.63) is 11.6 Å². The zero-order chi connectivity index (χ0) is 21.7. The number of carboxylic acid groups (broad SMARTS) is 1. The minimum Gasteiger partial charge on any atom is -0.479 e. The van der Waals surface area contributed by atoms with Crippen LogP contribution >= 0.6 is 0 Å². The Balaban J connectivity index is 0.00000272. The van der Waals surface area contributed by atoms with Crippen LogP contribution < -0.4 is 29.6 Å². The Bertz CT molecular complexity index is 888. The molecule has 0 radical (unpaired) electrons. The number of rotatable bonds is 5. The Morgan fingerprint density at radius 2 is 1.87 bits per heavy atom. The van der Waals surface area contributed by atoms with Crippen LogP contribution in [0.3, 0.4) is 0 Å². The Morgan fingerprint density at radius 3 is 2.55 bits per heavy atom. The summed E-state index contributed by atoms with van der Waals surface area (Å²) in [6, 6.07) is 0. The molecular formula is C21H31NNaO7S+. The van der Waals surface area contributed by atoms with Crippen molar-refractivity contribution >= 4 is 22.1 Å². The van der Waals surface area contributed by atoms with Crippen molar-refractivity contribution < 1.29 is 61.4 Å². The molecule has 0 aromatic heterocycles. The molecule has 31 heavy (non-hydrogen) atoms. The molecule has 3 saturated carbocycles. The Hall–Kier alpha value is -0.450. The molecule has 2 N–H and O–H groups in total. The minimum absolute atomic E-state index is 0. The molecule has 0 amide bonds. The van der Waals surface area contributed by atoms with E-state index in [9.17, 15) is 13.2 Å². The zero-order valence-electron chi connectivity index (χ0n) is 18.5. The van der Waals surface area contributed by atoms with E-state index >= 15 is 0 Å². The van der Waals surface area contributed by atoms with E-state index < -0.39 is 29.1 Å². The molecule has 0 saturated heterocycles. The summed E-state index contributed by atoms with van der Waals surface area (Å²) in [5.74, 6) is 0.532. The summed E-state index contributed by atoms with van der Waals surface area (Å²) in [7, 11) is -4.43. The van der Waals surface area contributed by atoms with Gasteiger partial charge in [-0.25, -0.2) is 8.98 Å². The van der Waals surface area contributed by atoms with Gasteiger partial charge in [-0.2, -0.15) is 8.42 Å². The molecule has 0 unspecified atom stereocenters. The summed E-state index contributed by atoms with van der Waals surface area (Å²) in [6.45, 7) is 4.15. The van der Waals surface area contributed by atoms with Crippen molar-refractivity contribution in [2.24, 2.45) is 33.7 Å². The van der Waals surface area contributed by atoms with Crippen LogP contribution in [0.15, 0.2) is 16.8 Å². The van der Waals surface area contributed by atoms with Crippen molar-refractivity contribution in [2.75, 3.05) is 6.61 Å². The van der Waals surface area contributed by atoms with E-state index in [0.29, 0.717) is 30.6 Å². The Labute approximate surface area is 206 Å². The van der Waals surface area contributed by atoms with Gasteiger partial charge in [0.15, 0.2) is 0 Å². The molecule has 4 rings (SSSR count). The van der Waals surface area contributed by atoms with Crippen LogP contribution in [0.5, 0.6) is 0 Å². The van der Waals surface area contributed by atoms with Gasteiger partial charge in [-0.05, 0) is 74.5 Å². The van der Waals surface area contributed by atoms with E-state index in [0.717, 1.165) is 44.2 Å². The number of oxime groups is 1. The van der Waals surface area contributed by atoms with Crippen molar-refractivity contribution in [3.63, 3.8) is 0 Å². The molecule has 168 valence electrons. The summed E-state index contributed by atoms with van der Waals surface area (Å²) < 4.78 is 36.2. The van der Waals surface area contributed by atoms with Crippen molar-refractivity contribution in [1.29, 1.82) is 0 Å². The molecule has 4 aliphatic carbocycles. The molecule has 10 heteroatoms.